The third-order valence-electron chi connectivity index (χ3n) is 2.89. The van der Waals surface area contributed by atoms with Crippen LogP contribution in [-0.2, 0) is 13.0 Å². The summed E-state index contributed by atoms with van der Waals surface area (Å²) in [6, 6.07) is 0. The highest BCUT2D eigenvalue weighted by Crippen LogP contribution is 2.16. The molecule has 0 bridgehead atoms. The van der Waals surface area contributed by atoms with Crippen LogP contribution in [0.25, 0.3) is 0 Å². The molecule has 0 atom stereocenters. The Kier molecular flexibility index (Phi) is 4.66. The average Bonchev–Trinajstić information content (AvgIpc) is 2.52. The Balaban J connectivity index is 2.53. The van der Waals surface area contributed by atoms with Gasteiger partial charge in [0.1, 0.15) is 5.82 Å². The van der Waals surface area contributed by atoms with Gasteiger partial charge in [0.25, 0.3) is 0 Å². The number of aromatic nitrogens is 2. The van der Waals surface area contributed by atoms with Crippen molar-refractivity contribution in [3.63, 3.8) is 0 Å². The Morgan fingerprint density at radius 1 is 1.20 bits per heavy atom. The fourth-order valence-corrected chi connectivity index (χ4v) is 1.81. The zero-order valence-corrected chi connectivity index (χ0v) is 10.2. The predicted molar refractivity (Wildman–Crippen MR) is 64.9 cm³/mol. The van der Waals surface area contributed by atoms with Gasteiger partial charge in [0, 0.05) is 12.1 Å². The van der Waals surface area contributed by atoms with Gasteiger partial charge in [-0.3, -0.25) is 0 Å². The zero-order valence-electron chi connectivity index (χ0n) is 10.2. The molecule has 0 aromatic carbocycles. The number of aryl methyl sites for hydroxylation is 2. The van der Waals surface area contributed by atoms with E-state index in [0.29, 0.717) is 0 Å². The molecule has 1 aromatic heterocycles. The Morgan fingerprint density at radius 3 is 2.47 bits per heavy atom. The number of nitrogens with two attached hydrogens (primary N) is 1. The number of unbranched alkanes of at least 4 members (excludes halogenated alkanes) is 3. The van der Waals surface area contributed by atoms with Gasteiger partial charge in [-0.1, -0.05) is 33.1 Å². The second-order valence-corrected chi connectivity index (χ2v) is 4.09. The lowest BCUT2D eigenvalue weighted by molar-refractivity contribution is 0.543. The average molecular weight is 209 g/mol. The van der Waals surface area contributed by atoms with Crippen LogP contribution in [0.3, 0.4) is 0 Å². The van der Waals surface area contributed by atoms with Crippen molar-refractivity contribution in [2.45, 2.75) is 59.4 Å². The molecule has 0 spiro atoms. The fourth-order valence-electron chi connectivity index (χ4n) is 1.81. The predicted octanol–water partition coefficient (Wildman–Crippen LogP) is 2.92. The molecule has 0 unspecified atom stereocenters. The molecule has 0 aliphatic rings. The second kappa shape index (κ2) is 5.79. The molecule has 1 rings (SSSR count). The number of hydrogen-bond donors (Lipinski definition) is 1. The minimum Gasteiger partial charge on any atom is -0.384 e. The summed E-state index contributed by atoms with van der Waals surface area (Å²) >= 11 is 0. The fraction of sp³-hybridized carbons (Fsp3) is 0.750. The van der Waals surface area contributed by atoms with E-state index in [2.05, 4.69) is 25.9 Å². The molecule has 3 nitrogen and oxygen atoms in total. The van der Waals surface area contributed by atoms with Crippen molar-refractivity contribution < 1.29 is 0 Å². The smallest absolute Gasteiger partial charge is 0.124 e. The van der Waals surface area contributed by atoms with Crippen LogP contribution in [0.15, 0.2) is 0 Å². The maximum atomic E-state index is 5.99. The summed E-state index contributed by atoms with van der Waals surface area (Å²) in [4.78, 5) is 0. The number of hydrogen-bond acceptors (Lipinski definition) is 2. The van der Waals surface area contributed by atoms with E-state index in [4.69, 9.17) is 5.73 Å². The lowest BCUT2D eigenvalue weighted by atomic mass is 10.2. The zero-order chi connectivity index (χ0) is 11.3. The first kappa shape index (κ1) is 12.1. The van der Waals surface area contributed by atoms with Crippen LogP contribution in [0.5, 0.6) is 0 Å². The molecular formula is C12H23N3. The molecule has 1 aromatic rings. The van der Waals surface area contributed by atoms with Gasteiger partial charge >= 0.3 is 0 Å². The van der Waals surface area contributed by atoms with Crippen molar-refractivity contribution in [2.75, 3.05) is 5.73 Å². The molecule has 1 heterocycles. The van der Waals surface area contributed by atoms with Crippen LogP contribution in [-0.4, -0.2) is 9.78 Å². The lowest BCUT2D eigenvalue weighted by Crippen LogP contribution is -2.05. The summed E-state index contributed by atoms with van der Waals surface area (Å²) in [7, 11) is 0. The van der Waals surface area contributed by atoms with Crippen molar-refractivity contribution in [1.82, 2.24) is 9.78 Å². The van der Waals surface area contributed by atoms with Crippen molar-refractivity contribution in [2.24, 2.45) is 0 Å². The highest BCUT2D eigenvalue weighted by molar-refractivity contribution is 5.42. The van der Waals surface area contributed by atoms with E-state index in [9.17, 15) is 0 Å². The van der Waals surface area contributed by atoms with Crippen molar-refractivity contribution in [1.29, 1.82) is 0 Å². The monoisotopic (exact) mass is 209 g/mol. The number of nitrogen functional groups attached to an aromatic ring is 1. The topological polar surface area (TPSA) is 43.8 Å². The summed E-state index contributed by atoms with van der Waals surface area (Å²) in [5.74, 6) is 0.850. The molecule has 0 saturated carbocycles. The molecule has 15 heavy (non-hydrogen) atoms. The van der Waals surface area contributed by atoms with Crippen LogP contribution in [0.4, 0.5) is 5.82 Å². The van der Waals surface area contributed by atoms with Crippen LogP contribution in [0, 0.1) is 6.92 Å². The number of rotatable bonds is 6. The summed E-state index contributed by atoms with van der Waals surface area (Å²) in [5.41, 5.74) is 8.30. The van der Waals surface area contributed by atoms with Crippen molar-refractivity contribution in [3.05, 3.63) is 11.3 Å². The van der Waals surface area contributed by atoms with E-state index in [1.165, 1.54) is 25.7 Å². The van der Waals surface area contributed by atoms with Gasteiger partial charge in [-0.15, -0.1) is 0 Å². The summed E-state index contributed by atoms with van der Waals surface area (Å²) in [5, 5.41) is 4.52. The van der Waals surface area contributed by atoms with E-state index < -0.39 is 0 Å². The quantitative estimate of drug-likeness (QED) is 0.732. The Labute approximate surface area is 92.7 Å². The molecule has 0 saturated heterocycles. The van der Waals surface area contributed by atoms with Gasteiger partial charge in [0.05, 0.1) is 5.69 Å². The van der Waals surface area contributed by atoms with E-state index in [1.54, 1.807) is 0 Å². The van der Waals surface area contributed by atoms with E-state index in [-0.39, 0.29) is 0 Å². The molecule has 0 fully saturated rings. The molecule has 0 aliphatic carbocycles. The standard InChI is InChI=1S/C12H23N3/c1-4-6-7-8-9-15-12(13)10(3)11(5-2)14-15/h4-9,13H2,1-3H3. The highest BCUT2D eigenvalue weighted by atomic mass is 15.3. The Bertz CT molecular complexity index is 302. The molecule has 0 amide bonds. The maximum absolute atomic E-state index is 5.99. The second-order valence-electron chi connectivity index (χ2n) is 4.09. The van der Waals surface area contributed by atoms with Gasteiger partial charge in [-0.25, -0.2) is 4.68 Å². The SMILES string of the molecule is CCCCCCn1nc(CC)c(C)c1N. The maximum Gasteiger partial charge on any atom is 0.124 e. The Hall–Kier alpha value is -0.990. The summed E-state index contributed by atoms with van der Waals surface area (Å²) < 4.78 is 1.96. The third kappa shape index (κ3) is 2.98. The molecule has 3 heteroatoms. The molecular weight excluding hydrogens is 186 g/mol. The van der Waals surface area contributed by atoms with Crippen LogP contribution >= 0.6 is 0 Å². The van der Waals surface area contributed by atoms with Crippen LogP contribution < -0.4 is 5.73 Å². The minimum atomic E-state index is 0.850. The Morgan fingerprint density at radius 2 is 1.93 bits per heavy atom. The first-order valence-corrected chi connectivity index (χ1v) is 6.02. The van der Waals surface area contributed by atoms with Gasteiger partial charge in [-0.05, 0) is 19.8 Å². The molecule has 86 valence electrons. The molecule has 0 aliphatic heterocycles. The molecule has 0 radical (unpaired) electrons. The largest absolute Gasteiger partial charge is 0.384 e. The van der Waals surface area contributed by atoms with Gasteiger partial charge in [-0.2, -0.15) is 5.10 Å². The van der Waals surface area contributed by atoms with Gasteiger partial charge < -0.3 is 5.73 Å². The summed E-state index contributed by atoms with van der Waals surface area (Å²) in [6.45, 7) is 7.37. The third-order valence-corrected chi connectivity index (χ3v) is 2.89. The van der Waals surface area contributed by atoms with E-state index >= 15 is 0 Å². The highest BCUT2D eigenvalue weighted by Gasteiger charge is 2.09. The van der Waals surface area contributed by atoms with Gasteiger partial charge in [0.2, 0.25) is 0 Å². The van der Waals surface area contributed by atoms with E-state index in [1.807, 2.05) is 4.68 Å². The summed E-state index contributed by atoms with van der Waals surface area (Å²) in [6.07, 6.45) is 6.01. The normalized spacial score (nSPS) is 10.9. The number of nitrogens with zero attached hydrogens (tertiary/aromatic N) is 2. The van der Waals surface area contributed by atoms with Crippen molar-refractivity contribution in [3.8, 4) is 0 Å². The van der Waals surface area contributed by atoms with Crippen LogP contribution in [0.1, 0.15) is 50.8 Å². The lowest BCUT2D eigenvalue weighted by Gasteiger charge is -2.03. The first-order chi connectivity index (χ1) is 7.20. The van der Waals surface area contributed by atoms with Crippen molar-refractivity contribution >= 4 is 5.82 Å². The minimum absolute atomic E-state index is 0.850. The number of anilines is 1. The van der Waals surface area contributed by atoms with Crippen LogP contribution in [0.2, 0.25) is 0 Å². The van der Waals surface area contributed by atoms with E-state index in [0.717, 1.165) is 30.0 Å². The first-order valence-electron chi connectivity index (χ1n) is 6.02. The molecule has 2 N–H and O–H groups in total. The van der Waals surface area contributed by atoms with Gasteiger partial charge in [0.15, 0.2) is 0 Å².